The third-order valence-electron chi connectivity index (χ3n) is 2.28. The largest absolute Gasteiger partial charge is 0.389 e. The summed E-state index contributed by atoms with van der Waals surface area (Å²) in [6, 6.07) is 3.85. The van der Waals surface area contributed by atoms with Gasteiger partial charge >= 0.3 is 0 Å². The van der Waals surface area contributed by atoms with Crippen molar-refractivity contribution in [1.82, 2.24) is 5.32 Å². The molecule has 2 atom stereocenters. The maximum absolute atomic E-state index is 9.70. The Morgan fingerprint density at radius 1 is 1.44 bits per heavy atom. The molecule has 0 aromatic carbocycles. The summed E-state index contributed by atoms with van der Waals surface area (Å²) in [7, 11) is 1.63. The number of methoxy groups -OCH3 is 1. The summed E-state index contributed by atoms with van der Waals surface area (Å²) < 4.78 is 11.1. The van der Waals surface area contributed by atoms with Gasteiger partial charge in [0.25, 0.3) is 0 Å². The number of aliphatic hydroxyl groups is 1. The smallest absolute Gasteiger partial charge is 0.0931 e. The zero-order valence-electron chi connectivity index (χ0n) is 10.7. The van der Waals surface area contributed by atoms with E-state index in [4.69, 9.17) is 21.1 Å². The second kappa shape index (κ2) is 8.85. The molecule has 0 aliphatic carbocycles. The average Bonchev–Trinajstić information content (AvgIpc) is 2.73. The molecule has 1 aromatic heterocycles. The highest BCUT2D eigenvalue weighted by atomic mass is 35.5. The number of hydrogen-bond acceptors (Lipinski definition) is 5. The minimum atomic E-state index is -0.514. The predicted molar refractivity (Wildman–Crippen MR) is 74.3 cm³/mol. The summed E-state index contributed by atoms with van der Waals surface area (Å²) in [5.74, 6) is 0. The molecule has 0 radical (unpaired) electrons. The van der Waals surface area contributed by atoms with Crippen molar-refractivity contribution < 1.29 is 14.6 Å². The number of halogens is 1. The van der Waals surface area contributed by atoms with E-state index in [1.165, 1.54) is 11.3 Å². The molecule has 0 bridgehead atoms. The summed E-state index contributed by atoms with van der Waals surface area (Å²) >= 11 is 7.36. The van der Waals surface area contributed by atoms with Gasteiger partial charge in [-0.15, -0.1) is 11.3 Å². The van der Waals surface area contributed by atoms with Crippen molar-refractivity contribution in [2.24, 2.45) is 0 Å². The Morgan fingerprint density at radius 3 is 2.83 bits per heavy atom. The highest BCUT2D eigenvalue weighted by Gasteiger charge is 2.08. The van der Waals surface area contributed by atoms with E-state index >= 15 is 0 Å². The summed E-state index contributed by atoms with van der Waals surface area (Å²) in [4.78, 5) is 1.15. The maximum atomic E-state index is 9.70. The van der Waals surface area contributed by atoms with Crippen molar-refractivity contribution >= 4 is 22.9 Å². The molecule has 0 spiro atoms. The van der Waals surface area contributed by atoms with E-state index in [-0.39, 0.29) is 6.10 Å². The van der Waals surface area contributed by atoms with Crippen LogP contribution >= 0.6 is 22.9 Å². The first-order valence-electron chi connectivity index (χ1n) is 5.85. The Kier molecular flexibility index (Phi) is 7.81. The summed E-state index contributed by atoms with van der Waals surface area (Å²) in [6.07, 6.45) is -0.513. The van der Waals surface area contributed by atoms with Crippen LogP contribution in [-0.2, 0) is 16.0 Å². The Balaban J connectivity index is 2.08. The highest BCUT2D eigenvalue weighted by molar-refractivity contribution is 7.16. The van der Waals surface area contributed by atoms with Crippen LogP contribution in [0.5, 0.6) is 0 Å². The lowest BCUT2D eigenvalue weighted by Crippen LogP contribution is -2.31. The lowest BCUT2D eigenvalue weighted by atomic mass is 10.3. The molecule has 0 saturated carbocycles. The molecule has 0 aliphatic rings. The predicted octanol–water partition coefficient (Wildman–Crippen LogP) is 1.90. The molecular weight excluding hydrogens is 274 g/mol. The maximum Gasteiger partial charge on any atom is 0.0931 e. The number of rotatable bonds is 9. The van der Waals surface area contributed by atoms with Gasteiger partial charge in [-0.25, -0.2) is 0 Å². The van der Waals surface area contributed by atoms with E-state index in [0.717, 1.165) is 9.21 Å². The second-order valence-corrected chi connectivity index (χ2v) is 5.89. The zero-order chi connectivity index (χ0) is 13.4. The number of ether oxygens (including phenoxy) is 2. The minimum absolute atomic E-state index is 0.000697. The van der Waals surface area contributed by atoms with Crippen LogP contribution in [0.2, 0.25) is 4.34 Å². The fourth-order valence-corrected chi connectivity index (χ4v) is 2.48. The van der Waals surface area contributed by atoms with Crippen LogP contribution < -0.4 is 5.32 Å². The van der Waals surface area contributed by atoms with Crippen LogP contribution in [-0.4, -0.2) is 44.2 Å². The Labute approximate surface area is 117 Å². The van der Waals surface area contributed by atoms with E-state index < -0.39 is 6.10 Å². The molecule has 4 nitrogen and oxygen atoms in total. The quantitative estimate of drug-likeness (QED) is 0.730. The Hall–Kier alpha value is -0.170. The van der Waals surface area contributed by atoms with Gasteiger partial charge in [0.05, 0.1) is 29.8 Å². The van der Waals surface area contributed by atoms with Gasteiger partial charge in [0.15, 0.2) is 0 Å². The topological polar surface area (TPSA) is 50.7 Å². The van der Waals surface area contributed by atoms with E-state index in [2.05, 4.69) is 5.32 Å². The monoisotopic (exact) mass is 293 g/mol. The van der Waals surface area contributed by atoms with E-state index in [1.54, 1.807) is 7.11 Å². The third-order valence-corrected chi connectivity index (χ3v) is 3.51. The van der Waals surface area contributed by atoms with Gasteiger partial charge in [-0.2, -0.15) is 0 Å². The summed E-state index contributed by atoms with van der Waals surface area (Å²) in [5, 5.41) is 12.9. The second-order valence-electron chi connectivity index (χ2n) is 4.09. The summed E-state index contributed by atoms with van der Waals surface area (Å²) in [5.41, 5.74) is 0. The SMILES string of the molecule is COCC(C)OCC(O)CNCc1ccc(Cl)s1. The van der Waals surface area contributed by atoms with E-state index in [0.29, 0.717) is 26.3 Å². The molecule has 1 heterocycles. The van der Waals surface area contributed by atoms with Gasteiger partial charge in [0.2, 0.25) is 0 Å². The van der Waals surface area contributed by atoms with E-state index in [1.807, 2.05) is 19.1 Å². The number of hydrogen-bond donors (Lipinski definition) is 2. The molecule has 104 valence electrons. The molecule has 0 amide bonds. The third kappa shape index (κ3) is 6.68. The number of thiophene rings is 1. The molecule has 6 heteroatoms. The van der Waals surface area contributed by atoms with Gasteiger partial charge in [-0.05, 0) is 19.1 Å². The van der Waals surface area contributed by atoms with Crippen molar-refractivity contribution in [1.29, 1.82) is 0 Å². The lowest BCUT2D eigenvalue weighted by Gasteiger charge is -2.16. The van der Waals surface area contributed by atoms with Gasteiger partial charge in [-0.1, -0.05) is 11.6 Å². The van der Waals surface area contributed by atoms with Crippen LogP contribution in [0.4, 0.5) is 0 Å². The van der Waals surface area contributed by atoms with Gasteiger partial charge in [-0.3, -0.25) is 0 Å². The van der Waals surface area contributed by atoms with Crippen molar-refractivity contribution in [3.8, 4) is 0 Å². The van der Waals surface area contributed by atoms with Crippen LogP contribution in [0.3, 0.4) is 0 Å². The first-order valence-corrected chi connectivity index (χ1v) is 7.04. The Bertz CT molecular complexity index is 335. The molecule has 1 aromatic rings. The van der Waals surface area contributed by atoms with Crippen molar-refractivity contribution in [3.05, 3.63) is 21.3 Å². The number of nitrogens with one attached hydrogen (secondary N) is 1. The minimum Gasteiger partial charge on any atom is -0.389 e. The highest BCUT2D eigenvalue weighted by Crippen LogP contribution is 2.20. The Morgan fingerprint density at radius 2 is 2.22 bits per heavy atom. The van der Waals surface area contributed by atoms with Crippen molar-refractivity contribution in [2.75, 3.05) is 26.9 Å². The fourth-order valence-electron chi connectivity index (χ4n) is 1.43. The van der Waals surface area contributed by atoms with Gasteiger partial charge < -0.3 is 19.9 Å². The molecular formula is C12H20ClNO3S. The van der Waals surface area contributed by atoms with Crippen LogP contribution in [0.15, 0.2) is 12.1 Å². The van der Waals surface area contributed by atoms with Gasteiger partial charge in [0, 0.05) is 25.1 Å². The normalized spacial score (nSPS) is 14.7. The van der Waals surface area contributed by atoms with Crippen LogP contribution in [0.25, 0.3) is 0 Å². The first-order chi connectivity index (χ1) is 8.61. The standard InChI is InChI=1S/C12H20ClNO3S/c1-9(7-16-2)17-8-10(15)5-14-6-11-3-4-12(13)18-11/h3-4,9-10,14-15H,5-8H2,1-2H3. The lowest BCUT2D eigenvalue weighted by molar-refractivity contribution is -0.0311. The molecule has 0 saturated heterocycles. The van der Waals surface area contributed by atoms with Crippen LogP contribution in [0, 0.1) is 0 Å². The van der Waals surface area contributed by atoms with Crippen LogP contribution in [0.1, 0.15) is 11.8 Å². The molecule has 2 N–H and O–H groups in total. The summed E-state index contributed by atoms with van der Waals surface area (Å²) in [6.45, 7) is 3.96. The fraction of sp³-hybridized carbons (Fsp3) is 0.667. The molecule has 0 fully saturated rings. The zero-order valence-corrected chi connectivity index (χ0v) is 12.3. The van der Waals surface area contributed by atoms with E-state index in [9.17, 15) is 5.11 Å². The van der Waals surface area contributed by atoms with Crippen molar-refractivity contribution in [3.63, 3.8) is 0 Å². The molecule has 1 rings (SSSR count). The van der Waals surface area contributed by atoms with Gasteiger partial charge in [0.1, 0.15) is 0 Å². The molecule has 0 aliphatic heterocycles. The number of aliphatic hydroxyl groups excluding tert-OH is 1. The average molecular weight is 294 g/mol. The molecule has 18 heavy (non-hydrogen) atoms. The molecule has 2 unspecified atom stereocenters. The van der Waals surface area contributed by atoms with Crippen molar-refractivity contribution in [2.45, 2.75) is 25.7 Å². The first kappa shape index (κ1) is 15.9.